The van der Waals surface area contributed by atoms with E-state index in [9.17, 15) is 4.39 Å². The molecule has 1 aromatic rings. The van der Waals surface area contributed by atoms with Crippen molar-refractivity contribution >= 4 is 0 Å². The van der Waals surface area contributed by atoms with Crippen molar-refractivity contribution in [1.82, 2.24) is 14.8 Å². The predicted molar refractivity (Wildman–Crippen MR) is 95.9 cm³/mol. The number of aromatic nitrogens is 1. The molecule has 5 nitrogen and oxygen atoms in total. The molecule has 0 unspecified atom stereocenters. The number of hydrogen-bond acceptors (Lipinski definition) is 5. The summed E-state index contributed by atoms with van der Waals surface area (Å²) in [7, 11) is 4.22. The van der Waals surface area contributed by atoms with E-state index in [1.54, 1.807) is 6.07 Å². The molecule has 0 spiro atoms. The topological polar surface area (TPSA) is 37.8 Å². The second-order valence-corrected chi connectivity index (χ2v) is 7.27. The Morgan fingerprint density at radius 2 is 1.68 bits per heavy atom. The molecule has 2 aliphatic rings. The van der Waals surface area contributed by atoms with Gasteiger partial charge in [-0.05, 0) is 65.4 Å². The number of ether oxygens (including phenoxy) is 2. The number of halogens is 1. The van der Waals surface area contributed by atoms with E-state index in [4.69, 9.17) is 9.47 Å². The average Bonchev–Trinajstić information content (AvgIpc) is 3.20. The summed E-state index contributed by atoms with van der Waals surface area (Å²) in [5.74, 6) is 0.400. The Morgan fingerprint density at radius 3 is 2.20 bits per heavy atom. The number of nitrogens with zero attached hydrogens (tertiary/aromatic N) is 3. The Hall–Kier alpha value is -1.40. The summed E-state index contributed by atoms with van der Waals surface area (Å²) in [6, 6.07) is 2.53. The molecule has 0 radical (unpaired) electrons. The summed E-state index contributed by atoms with van der Waals surface area (Å²) in [5, 5.41) is 0. The number of aryl methyl sites for hydroxylation is 1. The molecule has 3 heterocycles. The Bertz CT molecular complexity index is 584. The molecule has 2 saturated heterocycles. The van der Waals surface area contributed by atoms with Gasteiger partial charge in [0.15, 0.2) is 5.75 Å². The number of hydrogen-bond donors (Lipinski definition) is 0. The van der Waals surface area contributed by atoms with Gasteiger partial charge in [-0.15, -0.1) is 0 Å². The third kappa shape index (κ3) is 4.42. The zero-order valence-electron chi connectivity index (χ0n) is 15.6. The lowest BCUT2D eigenvalue weighted by Gasteiger charge is -2.22. The van der Waals surface area contributed by atoms with Crippen molar-refractivity contribution < 1.29 is 13.9 Å². The third-order valence-electron chi connectivity index (χ3n) is 5.55. The van der Waals surface area contributed by atoms with Crippen LogP contribution in [0.4, 0.5) is 4.39 Å². The molecule has 2 aliphatic heterocycles. The van der Waals surface area contributed by atoms with Crippen molar-refractivity contribution in [3.8, 4) is 11.6 Å². The SMILES string of the molecule is CCc1cc(OC[C@@H]2CCCN2C)c(OC[C@@H]2CCCN2C)nc1F. The van der Waals surface area contributed by atoms with Gasteiger partial charge in [0.1, 0.15) is 13.2 Å². The molecule has 0 saturated carbocycles. The van der Waals surface area contributed by atoms with Gasteiger partial charge in [0.2, 0.25) is 5.95 Å². The number of likely N-dealkylation sites (tertiary alicyclic amines) is 2. The third-order valence-corrected chi connectivity index (χ3v) is 5.55. The van der Waals surface area contributed by atoms with Crippen LogP contribution < -0.4 is 9.47 Å². The fraction of sp³-hybridized carbons (Fsp3) is 0.737. The van der Waals surface area contributed by atoms with Gasteiger partial charge in [0.05, 0.1) is 0 Å². The number of rotatable bonds is 7. The highest BCUT2D eigenvalue weighted by Gasteiger charge is 2.25. The quantitative estimate of drug-likeness (QED) is 0.706. The molecule has 0 aromatic carbocycles. The molecule has 0 amide bonds. The van der Waals surface area contributed by atoms with Crippen molar-refractivity contribution in [3.05, 3.63) is 17.6 Å². The Morgan fingerprint density at radius 1 is 1.08 bits per heavy atom. The van der Waals surface area contributed by atoms with Crippen molar-refractivity contribution in [1.29, 1.82) is 0 Å². The average molecular weight is 351 g/mol. The van der Waals surface area contributed by atoms with E-state index in [-0.39, 0.29) is 5.88 Å². The van der Waals surface area contributed by atoms with Gasteiger partial charge in [0, 0.05) is 17.6 Å². The van der Waals surface area contributed by atoms with Crippen LogP contribution >= 0.6 is 0 Å². The zero-order valence-corrected chi connectivity index (χ0v) is 15.6. The van der Waals surface area contributed by atoms with Crippen LogP contribution in [0.25, 0.3) is 0 Å². The molecule has 140 valence electrons. The van der Waals surface area contributed by atoms with Crippen molar-refractivity contribution in [2.24, 2.45) is 0 Å². The fourth-order valence-corrected chi connectivity index (χ4v) is 3.69. The lowest BCUT2D eigenvalue weighted by atomic mass is 10.2. The summed E-state index contributed by atoms with van der Waals surface area (Å²) in [6.07, 6.45) is 5.20. The van der Waals surface area contributed by atoms with Crippen LogP contribution in [0.5, 0.6) is 11.6 Å². The molecule has 0 bridgehead atoms. The van der Waals surface area contributed by atoms with E-state index in [1.165, 1.54) is 12.8 Å². The van der Waals surface area contributed by atoms with Crippen LogP contribution in [-0.2, 0) is 6.42 Å². The van der Waals surface area contributed by atoms with Crippen LogP contribution in [0.2, 0.25) is 0 Å². The van der Waals surface area contributed by atoms with Crippen LogP contribution in [-0.4, -0.2) is 67.3 Å². The van der Waals surface area contributed by atoms with E-state index < -0.39 is 5.95 Å². The van der Waals surface area contributed by atoms with Gasteiger partial charge in [0.25, 0.3) is 5.88 Å². The minimum absolute atomic E-state index is 0.288. The minimum atomic E-state index is -0.456. The van der Waals surface area contributed by atoms with E-state index in [0.29, 0.717) is 43.0 Å². The van der Waals surface area contributed by atoms with Gasteiger partial charge in [-0.1, -0.05) is 6.92 Å². The molecule has 0 aliphatic carbocycles. The van der Waals surface area contributed by atoms with Crippen LogP contribution in [0, 0.1) is 5.95 Å². The predicted octanol–water partition coefficient (Wildman–Crippen LogP) is 2.73. The van der Waals surface area contributed by atoms with Crippen LogP contribution in [0.1, 0.15) is 38.2 Å². The molecule has 1 aromatic heterocycles. The smallest absolute Gasteiger partial charge is 0.259 e. The zero-order chi connectivity index (χ0) is 17.8. The molecule has 2 fully saturated rings. The van der Waals surface area contributed by atoms with Crippen molar-refractivity contribution in [2.75, 3.05) is 40.4 Å². The lowest BCUT2D eigenvalue weighted by Crippen LogP contribution is -2.31. The fourth-order valence-electron chi connectivity index (χ4n) is 3.69. The first-order valence-electron chi connectivity index (χ1n) is 9.44. The Balaban J connectivity index is 1.69. The molecular formula is C19H30FN3O2. The van der Waals surface area contributed by atoms with E-state index in [1.807, 2.05) is 6.92 Å². The van der Waals surface area contributed by atoms with E-state index >= 15 is 0 Å². The maximum atomic E-state index is 14.1. The van der Waals surface area contributed by atoms with Gasteiger partial charge in [-0.2, -0.15) is 9.37 Å². The largest absolute Gasteiger partial charge is 0.486 e. The highest BCUT2D eigenvalue weighted by atomic mass is 19.1. The Kier molecular flexibility index (Phi) is 6.12. The summed E-state index contributed by atoms with van der Waals surface area (Å²) >= 11 is 0. The van der Waals surface area contributed by atoms with Gasteiger partial charge < -0.3 is 19.3 Å². The summed E-state index contributed by atoms with van der Waals surface area (Å²) in [5.41, 5.74) is 0.570. The molecule has 3 rings (SSSR count). The first-order valence-corrected chi connectivity index (χ1v) is 9.44. The van der Waals surface area contributed by atoms with Crippen LogP contribution in [0.15, 0.2) is 6.07 Å². The van der Waals surface area contributed by atoms with Gasteiger partial charge >= 0.3 is 0 Å². The second-order valence-electron chi connectivity index (χ2n) is 7.27. The van der Waals surface area contributed by atoms with E-state index in [0.717, 1.165) is 25.9 Å². The normalized spacial score (nSPS) is 24.8. The monoisotopic (exact) mass is 351 g/mol. The molecule has 0 N–H and O–H groups in total. The molecular weight excluding hydrogens is 321 g/mol. The standard InChI is InChI=1S/C19H30FN3O2/c1-4-14-11-17(24-12-15-7-5-9-22(15)2)19(21-18(14)20)25-13-16-8-6-10-23(16)3/h11,15-16H,4-10,12-13H2,1-3H3/t15-,16-/m0/s1. The first-order chi connectivity index (χ1) is 12.1. The summed E-state index contributed by atoms with van der Waals surface area (Å²) < 4.78 is 26.0. The second kappa shape index (κ2) is 8.32. The van der Waals surface area contributed by atoms with Crippen molar-refractivity contribution in [3.63, 3.8) is 0 Å². The maximum Gasteiger partial charge on any atom is 0.259 e. The van der Waals surface area contributed by atoms with Gasteiger partial charge in [-0.3, -0.25) is 0 Å². The van der Waals surface area contributed by atoms with E-state index in [2.05, 4.69) is 28.9 Å². The number of pyridine rings is 1. The molecule has 2 atom stereocenters. The maximum absolute atomic E-state index is 14.1. The van der Waals surface area contributed by atoms with Crippen LogP contribution in [0.3, 0.4) is 0 Å². The molecule has 6 heteroatoms. The van der Waals surface area contributed by atoms with Crippen molar-refractivity contribution in [2.45, 2.75) is 51.1 Å². The lowest BCUT2D eigenvalue weighted by molar-refractivity contribution is 0.167. The minimum Gasteiger partial charge on any atom is -0.486 e. The summed E-state index contributed by atoms with van der Waals surface area (Å²) in [4.78, 5) is 8.64. The van der Waals surface area contributed by atoms with Gasteiger partial charge in [-0.25, -0.2) is 0 Å². The summed E-state index contributed by atoms with van der Waals surface area (Å²) in [6.45, 7) is 5.22. The highest BCUT2D eigenvalue weighted by molar-refractivity contribution is 5.37. The number of likely N-dealkylation sites (N-methyl/N-ethyl adjacent to an activating group) is 2. The highest BCUT2D eigenvalue weighted by Crippen LogP contribution is 2.29. The molecule has 25 heavy (non-hydrogen) atoms. The first kappa shape index (κ1) is 18.4. The Labute approximate surface area is 150 Å².